The zero-order valence-electron chi connectivity index (χ0n) is 18.1. The van der Waals surface area contributed by atoms with E-state index in [1.165, 1.54) is 22.0 Å². The predicted molar refractivity (Wildman–Crippen MR) is 132 cm³/mol. The fraction of sp³-hybridized carbons (Fsp3) is 0.160. The minimum Gasteiger partial charge on any atom is -0.462 e. The van der Waals surface area contributed by atoms with Gasteiger partial charge in [0.15, 0.2) is 0 Å². The molecule has 0 aliphatic rings. The summed E-state index contributed by atoms with van der Waals surface area (Å²) in [6, 6.07) is 16.0. The number of fused-ring (bicyclic) bond motifs is 1. The quantitative estimate of drug-likeness (QED) is 0.369. The number of nitrogens with one attached hydrogen (secondary N) is 1. The third kappa shape index (κ3) is 4.69. The Morgan fingerprint density at radius 1 is 1.12 bits per heavy atom. The summed E-state index contributed by atoms with van der Waals surface area (Å²) >= 11 is 7.22. The maximum atomic E-state index is 13.0. The van der Waals surface area contributed by atoms with Crippen molar-refractivity contribution in [1.29, 1.82) is 0 Å². The smallest absolute Gasteiger partial charge is 0.341 e. The van der Waals surface area contributed by atoms with Gasteiger partial charge < -0.3 is 10.1 Å². The molecule has 1 amide bonds. The van der Waals surface area contributed by atoms with Gasteiger partial charge in [-0.1, -0.05) is 41.9 Å². The molecule has 0 aliphatic heterocycles. The maximum absolute atomic E-state index is 13.0. The number of pyridine rings is 1. The summed E-state index contributed by atoms with van der Waals surface area (Å²) in [5, 5.41) is 6.44. The topological polar surface area (TPSA) is 77.4 Å². The molecule has 0 atom stereocenters. The Morgan fingerprint density at radius 3 is 2.58 bits per heavy atom. The first-order chi connectivity index (χ1) is 15.9. The molecule has 6 nitrogen and oxygen atoms in total. The number of nitrogens with zero attached hydrogens (tertiary/aromatic N) is 1. The third-order valence-electron chi connectivity index (χ3n) is 5.21. The highest BCUT2D eigenvalue weighted by molar-refractivity contribution is 7.15. The molecule has 2 aromatic carbocycles. The van der Waals surface area contributed by atoms with Gasteiger partial charge in [0.25, 0.3) is 5.56 Å². The number of esters is 1. The molecule has 0 radical (unpaired) electrons. The number of carbonyl (C=O) groups excluding carboxylic acids is 2. The first-order valence-corrected chi connectivity index (χ1v) is 11.6. The summed E-state index contributed by atoms with van der Waals surface area (Å²) in [5.74, 6) is -0.946. The average molecular weight is 481 g/mol. The number of thiophene rings is 1. The summed E-state index contributed by atoms with van der Waals surface area (Å²) in [7, 11) is 0. The van der Waals surface area contributed by atoms with Crippen molar-refractivity contribution in [2.75, 3.05) is 11.9 Å². The van der Waals surface area contributed by atoms with Crippen LogP contribution in [0.1, 0.15) is 22.8 Å². The Hall–Kier alpha value is -3.42. The van der Waals surface area contributed by atoms with E-state index in [-0.39, 0.29) is 24.3 Å². The molecule has 0 fully saturated rings. The van der Waals surface area contributed by atoms with Gasteiger partial charge in [-0.05, 0) is 43.2 Å². The molecule has 0 saturated carbocycles. The van der Waals surface area contributed by atoms with E-state index in [2.05, 4.69) is 5.32 Å². The molecule has 4 aromatic rings. The van der Waals surface area contributed by atoms with Crippen molar-refractivity contribution in [3.05, 3.63) is 86.5 Å². The fourth-order valence-electron chi connectivity index (χ4n) is 3.67. The second-order valence-corrected chi connectivity index (χ2v) is 8.71. The average Bonchev–Trinajstić information content (AvgIpc) is 3.20. The summed E-state index contributed by atoms with van der Waals surface area (Å²) in [5.41, 5.74) is 2.96. The number of para-hydroxylation sites is 1. The maximum Gasteiger partial charge on any atom is 0.341 e. The first kappa shape index (κ1) is 22.8. The highest BCUT2D eigenvalue weighted by Gasteiger charge is 2.23. The standard InChI is InChI=1S/C25H21ClN2O4S/c1-3-32-25(31)23-19(16-8-10-17(26)11-9-16)14-33-24(23)27-21(29)13-28-20-7-5-4-6-18(20)15(2)12-22(28)30/h4-12,14H,3,13H2,1-2H3,(H,27,29). The molecule has 8 heteroatoms. The zero-order chi connectivity index (χ0) is 23.5. The highest BCUT2D eigenvalue weighted by atomic mass is 35.5. The molecule has 2 heterocycles. The van der Waals surface area contributed by atoms with Gasteiger partial charge in [0, 0.05) is 27.4 Å². The minimum atomic E-state index is -0.531. The number of hydrogen-bond acceptors (Lipinski definition) is 5. The Kier molecular flexibility index (Phi) is 6.62. The van der Waals surface area contributed by atoms with Crippen LogP contribution in [0.3, 0.4) is 0 Å². The van der Waals surface area contributed by atoms with Gasteiger partial charge in [0.05, 0.1) is 12.1 Å². The van der Waals surface area contributed by atoms with Crippen molar-refractivity contribution in [1.82, 2.24) is 4.57 Å². The van der Waals surface area contributed by atoms with Crippen LogP contribution in [-0.4, -0.2) is 23.1 Å². The van der Waals surface area contributed by atoms with Crippen LogP contribution in [0.2, 0.25) is 5.02 Å². The van der Waals surface area contributed by atoms with E-state index in [1.807, 2.05) is 31.2 Å². The van der Waals surface area contributed by atoms with Gasteiger partial charge in [0.2, 0.25) is 5.91 Å². The lowest BCUT2D eigenvalue weighted by Gasteiger charge is -2.12. The number of benzene rings is 2. The number of aryl methyl sites for hydroxylation is 1. The summed E-state index contributed by atoms with van der Waals surface area (Å²) < 4.78 is 6.66. The number of amides is 1. The first-order valence-electron chi connectivity index (χ1n) is 10.3. The van der Waals surface area contributed by atoms with Crippen LogP contribution < -0.4 is 10.9 Å². The number of rotatable bonds is 6. The molecular formula is C25H21ClN2O4S. The second kappa shape index (κ2) is 9.60. The molecule has 33 heavy (non-hydrogen) atoms. The van der Waals surface area contributed by atoms with Gasteiger partial charge in [0.1, 0.15) is 17.1 Å². The van der Waals surface area contributed by atoms with E-state index in [0.29, 0.717) is 21.1 Å². The molecular weight excluding hydrogens is 460 g/mol. The van der Waals surface area contributed by atoms with Crippen molar-refractivity contribution in [2.24, 2.45) is 0 Å². The molecule has 1 N–H and O–H groups in total. The van der Waals surface area contributed by atoms with Crippen molar-refractivity contribution in [3.8, 4) is 11.1 Å². The highest BCUT2D eigenvalue weighted by Crippen LogP contribution is 2.36. The van der Waals surface area contributed by atoms with E-state index in [9.17, 15) is 14.4 Å². The lowest BCUT2D eigenvalue weighted by Crippen LogP contribution is -2.28. The van der Waals surface area contributed by atoms with Crippen LogP contribution >= 0.6 is 22.9 Å². The summed E-state index contributed by atoms with van der Waals surface area (Å²) in [4.78, 5) is 38.3. The van der Waals surface area contributed by atoms with E-state index in [1.54, 1.807) is 36.6 Å². The normalized spacial score (nSPS) is 10.9. The van der Waals surface area contributed by atoms with Crippen molar-refractivity contribution < 1.29 is 14.3 Å². The van der Waals surface area contributed by atoms with Crippen LogP contribution in [0.5, 0.6) is 0 Å². The van der Waals surface area contributed by atoms with Crippen molar-refractivity contribution >= 4 is 50.7 Å². The van der Waals surface area contributed by atoms with Crippen LogP contribution in [0, 0.1) is 6.92 Å². The molecule has 168 valence electrons. The molecule has 0 unspecified atom stereocenters. The summed E-state index contributed by atoms with van der Waals surface area (Å²) in [6.45, 7) is 3.60. The van der Waals surface area contributed by atoms with Crippen molar-refractivity contribution in [2.45, 2.75) is 20.4 Å². The SMILES string of the molecule is CCOC(=O)c1c(-c2ccc(Cl)cc2)csc1NC(=O)Cn1c(=O)cc(C)c2ccccc21. The number of hydrogen-bond donors (Lipinski definition) is 1. The second-order valence-electron chi connectivity index (χ2n) is 7.40. The Bertz CT molecular complexity index is 1410. The van der Waals surface area contributed by atoms with Crippen LogP contribution in [0.25, 0.3) is 22.0 Å². The zero-order valence-corrected chi connectivity index (χ0v) is 19.6. The van der Waals surface area contributed by atoms with Gasteiger partial charge in [-0.15, -0.1) is 11.3 Å². The minimum absolute atomic E-state index is 0.184. The number of aromatic nitrogens is 1. The monoisotopic (exact) mass is 480 g/mol. The lowest BCUT2D eigenvalue weighted by molar-refractivity contribution is -0.116. The number of ether oxygens (including phenoxy) is 1. The largest absolute Gasteiger partial charge is 0.462 e. The molecule has 4 rings (SSSR count). The Morgan fingerprint density at radius 2 is 1.85 bits per heavy atom. The Balaban J connectivity index is 1.68. The Labute approximate surface area is 199 Å². The number of anilines is 1. The van der Waals surface area contributed by atoms with Gasteiger partial charge in [-0.25, -0.2) is 4.79 Å². The van der Waals surface area contributed by atoms with E-state index in [4.69, 9.17) is 16.3 Å². The van der Waals surface area contributed by atoms with Crippen LogP contribution in [0.4, 0.5) is 5.00 Å². The van der Waals surface area contributed by atoms with Crippen LogP contribution in [-0.2, 0) is 16.1 Å². The predicted octanol–water partition coefficient (Wildman–Crippen LogP) is 5.51. The van der Waals surface area contributed by atoms with Gasteiger partial charge >= 0.3 is 5.97 Å². The third-order valence-corrected chi connectivity index (χ3v) is 6.35. The van der Waals surface area contributed by atoms with Crippen LogP contribution in [0.15, 0.2) is 64.8 Å². The van der Waals surface area contributed by atoms with E-state index >= 15 is 0 Å². The van der Waals surface area contributed by atoms with E-state index in [0.717, 1.165) is 16.5 Å². The molecule has 2 aromatic heterocycles. The van der Waals surface area contributed by atoms with Crippen molar-refractivity contribution in [3.63, 3.8) is 0 Å². The van der Waals surface area contributed by atoms with E-state index < -0.39 is 11.9 Å². The molecule has 0 saturated heterocycles. The summed E-state index contributed by atoms with van der Waals surface area (Å²) in [6.07, 6.45) is 0. The lowest BCUT2D eigenvalue weighted by atomic mass is 10.0. The number of carbonyl (C=O) groups is 2. The fourth-order valence-corrected chi connectivity index (χ4v) is 4.77. The molecule has 0 bridgehead atoms. The van der Waals surface area contributed by atoms with Gasteiger partial charge in [-0.2, -0.15) is 0 Å². The number of halogens is 1. The van der Waals surface area contributed by atoms with Gasteiger partial charge in [-0.3, -0.25) is 14.2 Å². The molecule has 0 aliphatic carbocycles. The molecule has 0 spiro atoms.